The summed E-state index contributed by atoms with van der Waals surface area (Å²) in [5, 5.41) is 0.357. The third-order valence-electron chi connectivity index (χ3n) is 4.99. The summed E-state index contributed by atoms with van der Waals surface area (Å²) in [6, 6.07) is 7.42. The lowest BCUT2D eigenvalue weighted by Crippen LogP contribution is -2.38. The Morgan fingerprint density at radius 2 is 1.87 bits per heavy atom. The zero-order valence-corrected chi connectivity index (χ0v) is 18.2. The molecule has 30 heavy (non-hydrogen) atoms. The van der Waals surface area contributed by atoms with Crippen LogP contribution in [-0.4, -0.2) is 47.0 Å². The fourth-order valence-electron chi connectivity index (χ4n) is 3.27. The second-order valence-electron chi connectivity index (χ2n) is 6.75. The van der Waals surface area contributed by atoms with E-state index in [-0.39, 0.29) is 11.4 Å². The lowest BCUT2D eigenvalue weighted by Gasteiger charge is -2.24. The molecule has 0 N–H and O–H groups in total. The molecule has 0 atom stereocenters. The maximum atomic E-state index is 14.2. The van der Waals surface area contributed by atoms with E-state index in [4.69, 9.17) is 0 Å². The standard InChI is InChI=1S/C21H20F2N4OS2/c1-3-26(4-2)7-8-27(20(28)13-5-6-16-17(9-13)29-12-24-16)21-25-19-15(23)10-14(22)11-18(19)30-21/h5-6,9-12H,3-4,7-8H2,1-2H3. The molecule has 1 amide bonds. The first-order valence-corrected chi connectivity index (χ1v) is 11.3. The quantitative estimate of drug-likeness (QED) is 0.393. The van der Waals surface area contributed by atoms with Gasteiger partial charge in [0.2, 0.25) is 0 Å². The number of aromatic nitrogens is 2. The first kappa shape index (κ1) is 20.8. The van der Waals surface area contributed by atoms with Crippen LogP contribution in [0.2, 0.25) is 0 Å². The van der Waals surface area contributed by atoms with E-state index in [9.17, 15) is 13.6 Å². The number of carbonyl (C=O) groups is 1. The van der Waals surface area contributed by atoms with Crippen molar-refractivity contribution in [2.24, 2.45) is 0 Å². The van der Waals surface area contributed by atoms with E-state index in [0.717, 1.165) is 40.7 Å². The summed E-state index contributed by atoms with van der Waals surface area (Å²) in [5.74, 6) is -1.61. The van der Waals surface area contributed by atoms with E-state index in [0.29, 0.717) is 28.5 Å². The molecule has 9 heteroatoms. The number of carbonyl (C=O) groups excluding carboxylic acids is 1. The molecule has 0 aliphatic heterocycles. The van der Waals surface area contributed by atoms with Crippen LogP contribution >= 0.6 is 22.7 Å². The van der Waals surface area contributed by atoms with Crippen LogP contribution in [0.1, 0.15) is 24.2 Å². The van der Waals surface area contributed by atoms with Crippen molar-refractivity contribution >= 4 is 54.1 Å². The molecule has 2 aromatic heterocycles. The number of halogens is 2. The molecule has 4 aromatic rings. The number of fused-ring (bicyclic) bond motifs is 2. The van der Waals surface area contributed by atoms with Crippen LogP contribution in [0.25, 0.3) is 20.4 Å². The van der Waals surface area contributed by atoms with Gasteiger partial charge in [-0.25, -0.2) is 18.7 Å². The zero-order chi connectivity index (χ0) is 21.3. The van der Waals surface area contributed by atoms with Crippen molar-refractivity contribution in [2.75, 3.05) is 31.1 Å². The summed E-state index contributed by atoms with van der Waals surface area (Å²) in [4.78, 5) is 25.8. The maximum Gasteiger partial charge on any atom is 0.260 e. The molecule has 2 heterocycles. The Morgan fingerprint density at radius 3 is 2.63 bits per heavy atom. The average Bonchev–Trinajstić information content (AvgIpc) is 3.37. The monoisotopic (exact) mass is 446 g/mol. The normalized spacial score (nSPS) is 11.6. The van der Waals surface area contributed by atoms with Gasteiger partial charge < -0.3 is 4.90 Å². The van der Waals surface area contributed by atoms with Crippen molar-refractivity contribution in [3.05, 3.63) is 53.0 Å². The van der Waals surface area contributed by atoms with E-state index >= 15 is 0 Å². The second-order valence-corrected chi connectivity index (χ2v) is 8.64. The van der Waals surface area contributed by atoms with Crippen LogP contribution in [0.3, 0.4) is 0 Å². The van der Waals surface area contributed by atoms with Gasteiger partial charge in [-0.1, -0.05) is 25.2 Å². The number of anilines is 1. The number of likely N-dealkylation sites (N-methyl/N-ethyl adjacent to an activating group) is 1. The molecular formula is C21H20F2N4OS2. The first-order chi connectivity index (χ1) is 14.5. The Morgan fingerprint density at radius 1 is 1.07 bits per heavy atom. The molecule has 0 aliphatic carbocycles. The van der Waals surface area contributed by atoms with Gasteiger partial charge >= 0.3 is 0 Å². The molecular weight excluding hydrogens is 426 g/mol. The first-order valence-electron chi connectivity index (χ1n) is 9.63. The van der Waals surface area contributed by atoms with E-state index in [2.05, 4.69) is 28.7 Å². The van der Waals surface area contributed by atoms with Crippen molar-refractivity contribution in [3.8, 4) is 0 Å². The van der Waals surface area contributed by atoms with E-state index in [1.54, 1.807) is 16.5 Å². The molecule has 2 aromatic carbocycles. The largest absolute Gasteiger partial charge is 0.302 e. The smallest absolute Gasteiger partial charge is 0.260 e. The van der Waals surface area contributed by atoms with Crippen LogP contribution in [0, 0.1) is 11.6 Å². The summed E-state index contributed by atoms with van der Waals surface area (Å²) in [6.07, 6.45) is 0. The molecule has 0 spiro atoms. The minimum atomic E-state index is -0.727. The lowest BCUT2D eigenvalue weighted by atomic mass is 10.2. The average molecular weight is 447 g/mol. The van der Waals surface area contributed by atoms with Gasteiger partial charge in [0.05, 0.1) is 20.4 Å². The Balaban J connectivity index is 1.73. The number of rotatable bonds is 7. The van der Waals surface area contributed by atoms with Gasteiger partial charge in [0.15, 0.2) is 10.9 Å². The van der Waals surface area contributed by atoms with Gasteiger partial charge in [-0.3, -0.25) is 9.69 Å². The topological polar surface area (TPSA) is 49.3 Å². The van der Waals surface area contributed by atoms with Crippen LogP contribution in [0.4, 0.5) is 13.9 Å². The fraction of sp³-hybridized carbons (Fsp3) is 0.286. The Labute approximate surface area is 180 Å². The number of thiazole rings is 2. The summed E-state index contributed by atoms with van der Waals surface area (Å²) < 4.78 is 29.1. The number of hydrogen-bond donors (Lipinski definition) is 0. The molecule has 156 valence electrons. The van der Waals surface area contributed by atoms with Crippen LogP contribution in [-0.2, 0) is 0 Å². The van der Waals surface area contributed by atoms with Crippen molar-refractivity contribution in [3.63, 3.8) is 0 Å². The van der Waals surface area contributed by atoms with Crippen LogP contribution in [0.15, 0.2) is 35.8 Å². The molecule has 0 saturated heterocycles. The van der Waals surface area contributed by atoms with Gasteiger partial charge in [0.25, 0.3) is 5.91 Å². The Hall–Kier alpha value is -2.49. The lowest BCUT2D eigenvalue weighted by molar-refractivity contribution is 0.0984. The number of amides is 1. The Bertz CT molecular complexity index is 1200. The highest BCUT2D eigenvalue weighted by Gasteiger charge is 2.23. The summed E-state index contributed by atoms with van der Waals surface area (Å²) in [7, 11) is 0. The van der Waals surface area contributed by atoms with E-state index < -0.39 is 11.6 Å². The number of nitrogens with zero attached hydrogens (tertiary/aromatic N) is 4. The van der Waals surface area contributed by atoms with Crippen LogP contribution in [0.5, 0.6) is 0 Å². The third-order valence-corrected chi connectivity index (χ3v) is 6.81. The highest BCUT2D eigenvalue weighted by Crippen LogP contribution is 2.32. The maximum absolute atomic E-state index is 14.2. The van der Waals surface area contributed by atoms with Crippen molar-refractivity contribution in [1.29, 1.82) is 0 Å². The van der Waals surface area contributed by atoms with Crippen molar-refractivity contribution in [1.82, 2.24) is 14.9 Å². The zero-order valence-electron chi connectivity index (χ0n) is 16.6. The molecule has 0 radical (unpaired) electrons. The Kier molecular flexibility index (Phi) is 6.03. The predicted octanol–water partition coefficient (Wildman–Crippen LogP) is 5.17. The van der Waals surface area contributed by atoms with Gasteiger partial charge in [-0.15, -0.1) is 11.3 Å². The van der Waals surface area contributed by atoms with E-state index in [1.807, 2.05) is 12.1 Å². The molecule has 0 bridgehead atoms. The number of hydrogen-bond acceptors (Lipinski definition) is 6. The third kappa shape index (κ3) is 4.05. The van der Waals surface area contributed by atoms with Gasteiger partial charge in [-0.05, 0) is 37.4 Å². The molecule has 0 saturated carbocycles. The molecule has 0 fully saturated rings. The van der Waals surface area contributed by atoms with Crippen LogP contribution < -0.4 is 4.90 Å². The fourth-order valence-corrected chi connectivity index (χ4v) is 5.02. The molecule has 0 unspecified atom stereocenters. The SMILES string of the molecule is CCN(CC)CCN(C(=O)c1ccc2ncsc2c1)c1nc2c(F)cc(F)cc2s1. The second kappa shape index (κ2) is 8.71. The summed E-state index contributed by atoms with van der Waals surface area (Å²) >= 11 is 2.58. The van der Waals surface area contributed by atoms with Gasteiger partial charge in [-0.2, -0.15) is 0 Å². The minimum Gasteiger partial charge on any atom is -0.302 e. The highest BCUT2D eigenvalue weighted by molar-refractivity contribution is 7.22. The van der Waals surface area contributed by atoms with Crippen molar-refractivity contribution < 1.29 is 13.6 Å². The number of benzene rings is 2. The van der Waals surface area contributed by atoms with Gasteiger partial charge in [0, 0.05) is 24.7 Å². The highest BCUT2D eigenvalue weighted by atomic mass is 32.1. The summed E-state index contributed by atoms with van der Waals surface area (Å²) in [6.45, 7) is 6.86. The molecule has 5 nitrogen and oxygen atoms in total. The minimum absolute atomic E-state index is 0.0787. The van der Waals surface area contributed by atoms with Crippen molar-refractivity contribution in [2.45, 2.75) is 13.8 Å². The summed E-state index contributed by atoms with van der Waals surface area (Å²) in [5.41, 5.74) is 3.16. The van der Waals surface area contributed by atoms with E-state index in [1.165, 1.54) is 17.4 Å². The predicted molar refractivity (Wildman–Crippen MR) is 119 cm³/mol. The van der Waals surface area contributed by atoms with Gasteiger partial charge in [0.1, 0.15) is 11.3 Å². The molecule has 0 aliphatic rings. The molecule has 4 rings (SSSR count).